The monoisotopic (exact) mass is 1760 g/mol. The minimum atomic E-state index is -5.20. The number of carbonyl (C=O) groups excluding carboxylic acids is 6. The van der Waals surface area contributed by atoms with Gasteiger partial charge in [0.2, 0.25) is 0 Å². The maximum absolute atomic E-state index is 14.4. The van der Waals surface area contributed by atoms with Crippen molar-refractivity contribution >= 4 is 53.1 Å². The van der Waals surface area contributed by atoms with E-state index in [9.17, 15) is 59.1 Å². The molecule has 668 valence electrons. The second kappa shape index (κ2) is 50.9. The van der Waals surface area contributed by atoms with E-state index >= 15 is 0 Å². The number of rotatable bonds is 40. The smallest absolute Gasteiger partial charge is 0.410 e. The van der Waals surface area contributed by atoms with Crippen LogP contribution in [-0.4, -0.2) is 240 Å². The Kier molecular flexibility index (Phi) is 40.9. The van der Waals surface area contributed by atoms with Gasteiger partial charge >= 0.3 is 40.6 Å². The van der Waals surface area contributed by atoms with E-state index in [-0.39, 0.29) is 51.2 Å². The topological polar surface area (TPSA) is 551 Å². The molecule has 10 unspecified atom stereocenters. The van der Waals surface area contributed by atoms with Gasteiger partial charge in [-0.1, -0.05) is 176 Å². The molecule has 5 heterocycles. The van der Waals surface area contributed by atoms with Crippen LogP contribution in [0.3, 0.4) is 0 Å². The third-order valence-corrected chi connectivity index (χ3v) is 21.1. The van der Waals surface area contributed by atoms with Crippen molar-refractivity contribution in [2.75, 3.05) is 47.2 Å². The van der Waals surface area contributed by atoms with Gasteiger partial charge in [-0.15, -0.1) is 0 Å². The number of hydrogen-bond donors (Lipinski definition) is 2. The summed E-state index contributed by atoms with van der Waals surface area (Å²) >= 11 is 2.83. The molecule has 42 nitrogen and oxygen atoms in total. The van der Waals surface area contributed by atoms with Crippen LogP contribution in [0.5, 0.6) is 0 Å². The fourth-order valence-electron chi connectivity index (χ4n) is 14.6. The lowest BCUT2D eigenvalue weighted by atomic mass is 9.87. The zero-order chi connectivity index (χ0) is 89.0. The van der Waals surface area contributed by atoms with E-state index in [2.05, 4.69) is 47.6 Å². The van der Waals surface area contributed by atoms with Gasteiger partial charge in [-0.05, 0) is 89.0 Å². The van der Waals surface area contributed by atoms with Gasteiger partial charge in [-0.3, -0.25) is 14.4 Å². The summed E-state index contributed by atoms with van der Waals surface area (Å²) in [5.74, 6) is -5.59. The number of ether oxygens (including phenoxy) is 17. The van der Waals surface area contributed by atoms with E-state index in [0.717, 1.165) is 25.2 Å². The number of methoxy groups -OCH3 is 2. The molecular formula is C79H97N10O32S2-. The van der Waals surface area contributed by atoms with Gasteiger partial charge in [0.15, 0.2) is 56.2 Å². The minimum Gasteiger partial charge on any atom is -0.692 e. The Labute approximate surface area is 712 Å². The van der Waals surface area contributed by atoms with Gasteiger partial charge in [-0.2, -0.15) is 22.2 Å². The number of hydrogen-bond acceptors (Lipinski definition) is 35. The molecule has 5 aromatic rings. The van der Waals surface area contributed by atoms with Crippen LogP contribution in [0.2, 0.25) is 0 Å². The van der Waals surface area contributed by atoms with Crippen LogP contribution in [0.1, 0.15) is 86.5 Å². The molecule has 1 amide bonds. The van der Waals surface area contributed by atoms with Crippen molar-refractivity contribution in [1.29, 1.82) is 0 Å². The van der Waals surface area contributed by atoms with E-state index in [1.54, 1.807) is 124 Å². The first kappa shape index (κ1) is 98.7. The molecule has 5 saturated heterocycles. The van der Waals surface area contributed by atoms with Gasteiger partial charge in [0, 0.05) is 54.4 Å². The summed E-state index contributed by atoms with van der Waals surface area (Å²) in [6.45, 7) is 5.64. The number of benzene rings is 5. The van der Waals surface area contributed by atoms with Crippen molar-refractivity contribution in [2.45, 2.75) is 215 Å². The van der Waals surface area contributed by atoms with Crippen molar-refractivity contribution in [1.82, 2.24) is 4.90 Å². The largest absolute Gasteiger partial charge is 0.692 e. The summed E-state index contributed by atoms with van der Waals surface area (Å²) in [6, 6.07) is 40.1. The van der Waals surface area contributed by atoms with E-state index in [1.165, 1.54) is 7.11 Å². The quantitative estimate of drug-likeness (QED) is 0.00435. The summed E-state index contributed by atoms with van der Waals surface area (Å²) < 4.78 is 154. The predicted octanol–water partition coefficient (Wildman–Crippen LogP) is 7.77. The standard InChI is InChI=1S/C78H98N10O29S.CO2.OS/c1-45-58(82-85-79)73(99-7)108-56(43-104-71(91)54-34-22-12-23-35-54)62(45)112-77-70(116-117-94)68(103-40-52-30-18-10-19-31-52)66(48(4)107-77)114-74-59(83-86-80)46(2)63(55(109-74)42-101-49(5)89)111-76-65(102-39-51-28-16-9-17-29-51)47(3)64(69(115-76)72(92)98-6)113-75-60(84-87-81)61(90)67(57(110-75)44-106-118(95,96)97)100-37-25-13-24-36-88(38-50-26-14-8-15-27-50)78(93)105-41-53-32-20-11-21-33-53;2-1-3;1-2/h8-12,14-23,26-35,45-48,55-70,73-77,90,94H,13,24-25,36-44H2,1-7H3,(H,95,96,97);;/p-1/t45-,46-,47+,48?,55?,56?,57?,58?,59?,60?,61-,62+,63+,64+,65?,66+,67-,68-,69?,70?,73+,74-,75-,76-,77+;;/m1../s1. The van der Waals surface area contributed by atoms with Crippen LogP contribution in [0.4, 0.5) is 4.79 Å². The molecule has 5 fully saturated rings. The Balaban J connectivity index is 0.00000367. The van der Waals surface area contributed by atoms with Gasteiger partial charge < -0.3 is 95.8 Å². The van der Waals surface area contributed by atoms with Gasteiger partial charge in [0.05, 0.1) is 69.0 Å². The Morgan fingerprint density at radius 1 is 0.528 bits per heavy atom. The third kappa shape index (κ3) is 28.7. The molecule has 5 aliphatic rings. The van der Waals surface area contributed by atoms with Crippen LogP contribution in [-0.2, 0) is 163 Å². The van der Waals surface area contributed by atoms with Crippen molar-refractivity contribution in [3.63, 3.8) is 0 Å². The summed E-state index contributed by atoms with van der Waals surface area (Å²) in [7, 11) is -2.82. The van der Waals surface area contributed by atoms with Gasteiger partial charge in [-0.25, -0.2) is 23.5 Å². The zero-order valence-electron chi connectivity index (χ0n) is 67.8. The number of aliphatic hydroxyl groups is 1. The number of esters is 3. The molecule has 44 heteroatoms. The highest BCUT2D eigenvalue weighted by atomic mass is 32.3. The molecule has 5 aliphatic heterocycles. The number of nitrogens with zero attached hydrogens (tertiary/aromatic N) is 10. The molecule has 0 radical (unpaired) electrons. The number of unbranched alkanes of at least 4 members (excludes halogenated alkanes) is 2. The van der Waals surface area contributed by atoms with Gasteiger partial charge in [0.25, 0.3) is 0 Å². The molecule has 2 N–H and O–H groups in total. The van der Waals surface area contributed by atoms with Crippen LogP contribution in [0.15, 0.2) is 167 Å². The molecule has 0 spiro atoms. The van der Waals surface area contributed by atoms with E-state index < -0.39 is 207 Å². The SMILES string of the molecule is COC(=O)C1O[C@@H](O[C@@H]2C(COC(C)=O)O[C@H](O[C@H]3C(C)O[C@@H](O[C@@H]4C(COC(=O)c5ccccc5)O[C@H](OC)C(N=[N+]=[N-])[C@H]4C)C(OO[O-])[C@@H]3OCc3ccccc3)C(N=[N+]=[N-])[C@H]2C)C(OCc2ccccc2)[C@@H](C)[C@@H]1O[C@H]1OC(COS(=O)(=O)O)[C@@H](OCCCCCN(Cc2ccccc2)C(=O)OCc2ccccc2)[C@H](O)C1N=[N+]=[N-].O=C=O.O=S. The van der Waals surface area contributed by atoms with E-state index in [4.69, 9.17) is 103 Å². The average Bonchev–Trinajstić information content (AvgIpc) is 0.765. The first-order chi connectivity index (χ1) is 59.5. The maximum Gasteiger partial charge on any atom is 0.410 e. The molecule has 0 saturated carbocycles. The molecule has 0 aliphatic carbocycles. The summed E-state index contributed by atoms with van der Waals surface area (Å²) in [5.41, 5.74) is 33.4. The Hall–Kier alpha value is -9.70. The highest BCUT2D eigenvalue weighted by Crippen LogP contribution is 2.43. The Morgan fingerprint density at radius 3 is 1.51 bits per heavy atom. The number of carbonyl (C=O) groups is 4. The van der Waals surface area contributed by atoms with Crippen molar-refractivity contribution < 1.29 is 151 Å². The molecule has 123 heavy (non-hydrogen) atoms. The molecule has 0 bridgehead atoms. The Morgan fingerprint density at radius 2 is 0.992 bits per heavy atom. The van der Waals surface area contributed by atoms with Crippen LogP contribution >= 0.6 is 0 Å². The lowest BCUT2D eigenvalue weighted by Crippen LogP contribution is -2.66. The third-order valence-electron chi connectivity index (χ3n) is 20.7. The minimum absolute atomic E-state index is 0.0514. The number of azide groups is 3. The average molecular weight is 1760 g/mol. The molecular weight excluding hydrogens is 1670 g/mol. The van der Waals surface area contributed by atoms with Crippen molar-refractivity contribution in [3.05, 3.63) is 211 Å². The summed E-state index contributed by atoms with van der Waals surface area (Å²) in [6.07, 6.45) is -28.0. The zero-order valence-corrected chi connectivity index (χ0v) is 69.4. The van der Waals surface area contributed by atoms with Crippen LogP contribution in [0, 0.1) is 17.8 Å². The number of amides is 1. The fraction of sp³-hybridized carbons (Fsp3) is 0.557. The lowest BCUT2D eigenvalue weighted by molar-refractivity contribution is -0.809. The second-order valence-electron chi connectivity index (χ2n) is 28.6. The highest BCUT2D eigenvalue weighted by Gasteiger charge is 2.58. The first-order valence-corrected chi connectivity index (χ1v) is 40.5. The molecule has 0 aromatic heterocycles. The van der Waals surface area contributed by atoms with Crippen LogP contribution in [0.25, 0.3) is 31.3 Å². The maximum atomic E-state index is 14.4. The first-order valence-electron chi connectivity index (χ1n) is 38.8. The molecule has 5 aromatic carbocycles. The second-order valence-corrected chi connectivity index (χ2v) is 29.7. The Bertz CT molecular complexity index is 4370. The van der Waals surface area contributed by atoms with Gasteiger partial charge in [0.1, 0.15) is 74.7 Å². The summed E-state index contributed by atoms with van der Waals surface area (Å²) in [5, 5.41) is 40.9. The highest BCUT2D eigenvalue weighted by molar-refractivity contribution is 7.80. The molecule has 25 atom stereocenters. The van der Waals surface area contributed by atoms with Crippen molar-refractivity contribution in [3.8, 4) is 0 Å². The number of aliphatic hydroxyl groups excluding tert-OH is 1. The molecule has 10 rings (SSSR count). The van der Waals surface area contributed by atoms with Crippen LogP contribution < -0.4 is 5.26 Å². The predicted molar refractivity (Wildman–Crippen MR) is 417 cm³/mol. The normalized spacial score (nSPS) is 29.7. The summed E-state index contributed by atoms with van der Waals surface area (Å²) in [4.78, 5) is 86.7. The fourth-order valence-corrected chi connectivity index (χ4v) is 14.9. The van der Waals surface area contributed by atoms with Crippen molar-refractivity contribution in [2.24, 2.45) is 33.1 Å². The van der Waals surface area contributed by atoms with E-state index in [0.29, 0.717) is 30.4 Å². The van der Waals surface area contributed by atoms with E-state index in [1.807, 2.05) is 60.7 Å². The lowest BCUT2D eigenvalue weighted by Gasteiger charge is -2.51.